The number of thioether (sulfide) groups is 1. The van der Waals surface area contributed by atoms with E-state index in [4.69, 9.17) is 14.7 Å². The number of nitrogens with two attached hydrogens (primary N) is 1. The zero-order valence-electron chi connectivity index (χ0n) is 10.8. The Balaban J connectivity index is 2.89. The van der Waals surface area contributed by atoms with Crippen LogP contribution in [-0.2, 0) is 15.9 Å². The van der Waals surface area contributed by atoms with Crippen LogP contribution in [-0.4, -0.2) is 19.2 Å². The minimum atomic E-state index is -4.43. The molecule has 20 heavy (non-hydrogen) atoms. The lowest BCUT2D eigenvalue weighted by Gasteiger charge is -2.09. The van der Waals surface area contributed by atoms with E-state index in [1.807, 2.05) is 6.26 Å². The normalized spacial score (nSPS) is 11.9. The first kappa shape index (κ1) is 14.9. The van der Waals surface area contributed by atoms with Gasteiger partial charge >= 0.3 is 5.63 Å². The minimum absolute atomic E-state index is 0.167. The van der Waals surface area contributed by atoms with Crippen LogP contribution < -0.4 is 11.4 Å². The zero-order chi connectivity index (χ0) is 15.1. The van der Waals surface area contributed by atoms with Gasteiger partial charge in [-0.3, -0.25) is 4.55 Å². The van der Waals surface area contributed by atoms with Crippen LogP contribution in [0, 0.1) is 6.92 Å². The van der Waals surface area contributed by atoms with Gasteiger partial charge in [0.1, 0.15) is 10.5 Å². The van der Waals surface area contributed by atoms with Crippen molar-refractivity contribution in [3.05, 3.63) is 33.7 Å². The molecule has 0 aliphatic carbocycles. The molecule has 1 aromatic carbocycles. The highest BCUT2D eigenvalue weighted by Crippen LogP contribution is 2.28. The van der Waals surface area contributed by atoms with Gasteiger partial charge in [0.05, 0.1) is 11.3 Å². The molecule has 0 saturated heterocycles. The molecule has 0 aliphatic heterocycles. The summed E-state index contributed by atoms with van der Waals surface area (Å²) in [5.74, 6) is 0.454. The highest BCUT2D eigenvalue weighted by atomic mass is 32.2. The summed E-state index contributed by atoms with van der Waals surface area (Å²) in [5.41, 5.74) is 6.21. The molecule has 0 amide bonds. The molecule has 0 bridgehead atoms. The van der Waals surface area contributed by atoms with Crippen LogP contribution in [0.25, 0.3) is 11.0 Å². The number of rotatable bonds is 3. The van der Waals surface area contributed by atoms with Crippen molar-refractivity contribution in [2.45, 2.75) is 17.6 Å². The van der Waals surface area contributed by atoms with Gasteiger partial charge in [0.15, 0.2) is 0 Å². The van der Waals surface area contributed by atoms with E-state index in [0.717, 1.165) is 0 Å². The quantitative estimate of drug-likeness (QED) is 0.504. The van der Waals surface area contributed by atoms with Crippen molar-refractivity contribution in [2.75, 3.05) is 12.0 Å². The summed E-state index contributed by atoms with van der Waals surface area (Å²) < 4.78 is 36.8. The van der Waals surface area contributed by atoms with Crippen molar-refractivity contribution < 1.29 is 17.4 Å². The summed E-state index contributed by atoms with van der Waals surface area (Å²) in [5, 5.41) is 0.440. The van der Waals surface area contributed by atoms with Crippen molar-refractivity contribution in [3.8, 4) is 0 Å². The number of hydrogen-bond acceptors (Lipinski definition) is 6. The van der Waals surface area contributed by atoms with Gasteiger partial charge in [-0.2, -0.15) is 20.2 Å². The molecular formula is C12H13NO5S2. The molecule has 0 saturated carbocycles. The summed E-state index contributed by atoms with van der Waals surface area (Å²) in [6.45, 7) is 1.70. The average molecular weight is 315 g/mol. The van der Waals surface area contributed by atoms with Gasteiger partial charge in [0, 0.05) is 17.2 Å². The minimum Gasteiger partial charge on any atom is -0.422 e. The van der Waals surface area contributed by atoms with E-state index in [1.54, 1.807) is 6.92 Å². The molecule has 8 heteroatoms. The molecule has 3 N–H and O–H groups in total. The topological polar surface area (TPSA) is 111 Å². The number of fused-ring (bicyclic) bond motifs is 1. The molecule has 0 fully saturated rings. The van der Waals surface area contributed by atoms with Crippen LogP contribution in [0.4, 0.5) is 5.69 Å². The van der Waals surface area contributed by atoms with Crippen LogP contribution in [0.5, 0.6) is 0 Å². The number of anilines is 1. The van der Waals surface area contributed by atoms with Gasteiger partial charge in [-0.25, -0.2) is 4.79 Å². The Hall–Kier alpha value is -1.51. The van der Waals surface area contributed by atoms with Gasteiger partial charge in [0.25, 0.3) is 10.1 Å². The Labute approximate surface area is 119 Å². The molecule has 6 nitrogen and oxygen atoms in total. The Morgan fingerprint density at radius 3 is 2.60 bits per heavy atom. The summed E-state index contributed by atoms with van der Waals surface area (Å²) in [7, 11) is -4.43. The van der Waals surface area contributed by atoms with Crippen molar-refractivity contribution in [2.24, 2.45) is 0 Å². The van der Waals surface area contributed by atoms with Crippen LogP contribution in [0.3, 0.4) is 0 Å². The Morgan fingerprint density at radius 1 is 1.40 bits per heavy atom. The highest BCUT2D eigenvalue weighted by molar-refractivity contribution is 7.97. The maximum atomic E-state index is 11.8. The molecule has 108 valence electrons. The first-order valence-electron chi connectivity index (χ1n) is 5.58. The second-order valence-corrected chi connectivity index (χ2v) is 6.54. The second kappa shape index (κ2) is 5.12. The van der Waals surface area contributed by atoms with Gasteiger partial charge in [0.2, 0.25) is 0 Å². The predicted molar refractivity (Wildman–Crippen MR) is 78.7 cm³/mol. The standard InChI is InChI=1S/C12H13NO5S2/c1-6-7-3-11(20(15,16)17)9(13)4-10(7)18-12(14)8(6)5-19-2/h3-4H,5,13H2,1-2H3,(H,15,16,17). The fourth-order valence-electron chi connectivity index (χ4n) is 1.97. The van der Waals surface area contributed by atoms with Crippen molar-refractivity contribution in [1.82, 2.24) is 0 Å². The summed E-state index contributed by atoms with van der Waals surface area (Å²) >= 11 is 1.45. The van der Waals surface area contributed by atoms with Crippen molar-refractivity contribution in [3.63, 3.8) is 0 Å². The fourth-order valence-corrected chi connectivity index (χ4v) is 3.21. The van der Waals surface area contributed by atoms with E-state index in [1.165, 1.54) is 23.9 Å². The van der Waals surface area contributed by atoms with Gasteiger partial charge < -0.3 is 10.2 Å². The number of benzene rings is 1. The summed E-state index contributed by atoms with van der Waals surface area (Å²) in [6.07, 6.45) is 1.84. The third-order valence-electron chi connectivity index (χ3n) is 2.98. The van der Waals surface area contributed by atoms with Crippen LogP contribution in [0.1, 0.15) is 11.1 Å². The molecular weight excluding hydrogens is 302 g/mol. The molecule has 0 radical (unpaired) electrons. The predicted octanol–water partition coefficient (Wildman–Crippen LogP) is 1.79. The second-order valence-electron chi connectivity index (χ2n) is 4.29. The maximum absolute atomic E-state index is 11.8. The smallest absolute Gasteiger partial charge is 0.340 e. The molecule has 1 heterocycles. The zero-order valence-corrected chi connectivity index (χ0v) is 12.5. The molecule has 0 aliphatic rings. The first-order valence-corrected chi connectivity index (χ1v) is 8.41. The lowest BCUT2D eigenvalue weighted by molar-refractivity contribution is 0.483. The Morgan fingerprint density at radius 2 is 2.05 bits per heavy atom. The molecule has 0 spiro atoms. The van der Waals surface area contributed by atoms with Crippen molar-refractivity contribution in [1.29, 1.82) is 0 Å². The summed E-state index contributed by atoms with van der Waals surface area (Å²) in [6, 6.07) is 2.46. The summed E-state index contributed by atoms with van der Waals surface area (Å²) in [4.78, 5) is 11.5. The maximum Gasteiger partial charge on any atom is 0.340 e. The molecule has 2 rings (SSSR count). The highest BCUT2D eigenvalue weighted by Gasteiger charge is 2.18. The lowest BCUT2D eigenvalue weighted by Crippen LogP contribution is -2.10. The fraction of sp³-hybridized carbons (Fsp3) is 0.250. The number of nitrogen functional groups attached to an aromatic ring is 1. The monoisotopic (exact) mass is 315 g/mol. The average Bonchev–Trinajstić information content (AvgIpc) is 2.32. The van der Waals surface area contributed by atoms with Crippen molar-refractivity contribution >= 4 is 38.5 Å². The Bertz CT molecular complexity index is 839. The van der Waals surface area contributed by atoms with E-state index >= 15 is 0 Å². The van der Waals surface area contributed by atoms with Gasteiger partial charge in [-0.1, -0.05) is 0 Å². The van der Waals surface area contributed by atoms with Crippen LogP contribution >= 0.6 is 11.8 Å². The van der Waals surface area contributed by atoms with Crippen LogP contribution in [0.15, 0.2) is 26.2 Å². The largest absolute Gasteiger partial charge is 0.422 e. The molecule has 1 aromatic heterocycles. The SMILES string of the molecule is CSCc1c(C)c2cc(S(=O)(=O)O)c(N)cc2oc1=O. The van der Waals surface area contributed by atoms with E-state index in [9.17, 15) is 13.2 Å². The third kappa shape index (κ3) is 2.54. The molecule has 0 atom stereocenters. The van der Waals surface area contributed by atoms with Gasteiger partial charge in [-0.05, 0) is 24.8 Å². The van der Waals surface area contributed by atoms with Gasteiger partial charge in [-0.15, -0.1) is 0 Å². The van der Waals surface area contributed by atoms with Crippen LogP contribution in [0.2, 0.25) is 0 Å². The lowest BCUT2D eigenvalue weighted by atomic mass is 10.1. The van der Waals surface area contributed by atoms with E-state index in [0.29, 0.717) is 22.3 Å². The molecule has 0 unspecified atom stereocenters. The Kier molecular flexibility index (Phi) is 3.81. The van der Waals surface area contributed by atoms with E-state index in [2.05, 4.69) is 0 Å². The van der Waals surface area contributed by atoms with E-state index in [-0.39, 0.29) is 11.3 Å². The number of hydrogen-bond donors (Lipinski definition) is 2. The third-order valence-corrected chi connectivity index (χ3v) is 4.47. The molecule has 2 aromatic rings. The van der Waals surface area contributed by atoms with E-state index < -0.39 is 20.6 Å². The number of aryl methyl sites for hydroxylation is 1. The first-order chi connectivity index (χ1) is 9.25.